The second kappa shape index (κ2) is 16.1. The van der Waals surface area contributed by atoms with Gasteiger partial charge in [0.05, 0.1) is 36.0 Å². The smallest absolute Gasteiger partial charge is 0.407 e. The lowest BCUT2D eigenvalue weighted by molar-refractivity contribution is -0.126. The minimum atomic E-state index is -3.90. The van der Waals surface area contributed by atoms with E-state index in [0.717, 1.165) is 69.8 Å². The van der Waals surface area contributed by atoms with Crippen LogP contribution in [0.2, 0.25) is 0 Å². The maximum absolute atomic E-state index is 16.3. The number of carbonyl (C=O) groups is 2. The number of alkyl halides is 1. The number of rotatable bonds is 12. The van der Waals surface area contributed by atoms with Crippen molar-refractivity contribution in [2.75, 3.05) is 77.5 Å². The van der Waals surface area contributed by atoms with E-state index in [9.17, 15) is 22.4 Å². The molecule has 5 aliphatic rings. The minimum Gasteiger partial charge on any atom is -0.453 e. The molecule has 2 aromatic carbocycles. The number of amides is 2. The highest BCUT2D eigenvalue weighted by Gasteiger charge is 2.54. The fourth-order valence-electron chi connectivity index (χ4n) is 10.3. The van der Waals surface area contributed by atoms with Crippen LogP contribution in [-0.4, -0.2) is 125 Å². The molecule has 0 spiro atoms. The molecule has 2 aromatic rings. The molecular weight excluding hydrogens is 732 g/mol. The molecule has 10 nitrogen and oxygen atoms in total. The number of benzene rings is 2. The Morgan fingerprint density at radius 1 is 0.964 bits per heavy atom. The lowest BCUT2D eigenvalue weighted by Gasteiger charge is -2.54. The topological polar surface area (TPSA) is 103 Å². The number of methoxy groups -OCH3 is 1. The van der Waals surface area contributed by atoms with Crippen LogP contribution in [0.4, 0.5) is 23.7 Å². The van der Waals surface area contributed by atoms with Gasteiger partial charge in [-0.2, -0.15) is 0 Å². The van der Waals surface area contributed by atoms with Gasteiger partial charge in [0, 0.05) is 37.6 Å². The van der Waals surface area contributed by atoms with Crippen molar-refractivity contribution >= 4 is 27.5 Å². The van der Waals surface area contributed by atoms with E-state index in [1.54, 1.807) is 17.0 Å². The number of anilines is 1. The predicted molar refractivity (Wildman–Crippen MR) is 204 cm³/mol. The third-order valence-electron chi connectivity index (χ3n) is 13.1. The first kappa shape index (κ1) is 39.6. The number of nitrogens with zero attached hydrogens (tertiary/aromatic N) is 4. The lowest BCUT2D eigenvalue weighted by atomic mass is 9.57. The van der Waals surface area contributed by atoms with Gasteiger partial charge in [-0.25, -0.2) is 26.4 Å². The SMILES string of the molecule is C=CC(=O)N1CCCC(S(=O)(=O)c2ccc(N3CC(F)(CN4CCC(C(CN5CCC5)(c5cccc(F)c5)[C@H]5CCC[C@@H]5NC(=O)OC)CC4)C3)c(F)c2)C1. The van der Waals surface area contributed by atoms with Gasteiger partial charge in [0.1, 0.15) is 11.6 Å². The van der Waals surface area contributed by atoms with Gasteiger partial charge >= 0.3 is 6.09 Å². The summed E-state index contributed by atoms with van der Waals surface area (Å²) in [6.07, 6.45) is 6.98. The second-order valence-electron chi connectivity index (χ2n) is 16.4. The van der Waals surface area contributed by atoms with Gasteiger partial charge in [0.2, 0.25) is 5.91 Å². The van der Waals surface area contributed by atoms with Crippen molar-refractivity contribution in [2.45, 2.75) is 78.6 Å². The standard InChI is InChI=1S/C41H54F3N5O5S/c1-3-38(50)48-19-6-10-33(24-48)55(52,53)32-13-14-37(35(43)23-32)49-26-40(44,27-49)25-47-20-15-29(16-21-47)41(28-46-17-7-18-46,30-8-4-9-31(42)22-30)34-11-5-12-36(34)45-39(51)54-2/h3-4,8-9,13-14,22-23,29,33-34,36H,1,5-7,10-12,15-21,24-28H2,2H3,(H,45,51)/t33?,34-,36-,41?/m0/s1. The van der Waals surface area contributed by atoms with E-state index in [-0.39, 0.29) is 66.4 Å². The van der Waals surface area contributed by atoms with Crippen molar-refractivity contribution in [1.29, 1.82) is 0 Å². The molecule has 2 amide bonds. The van der Waals surface area contributed by atoms with E-state index >= 15 is 8.78 Å². The third-order valence-corrected chi connectivity index (χ3v) is 15.3. The van der Waals surface area contributed by atoms with Crippen LogP contribution in [-0.2, 0) is 24.8 Å². The Bertz CT molecular complexity index is 1850. The van der Waals surface area contributed by atoms with Gasteiger partial charge in [-0.15, -0.1) is 0 Å². The van der Waals surface area contributed by atoms with E-state index in [0.29, 0.717) is 32.5 Å². The largest absolute Gasteiger partial charge is 0.453 e. The number of ether oxygens (including phenoxy) is 1. The normalized spacial score (nSPS) is 26.1. The van der Waals surface area contributed by atoms with E-state index < -0.39 is 38.1 Å². The van der Waals surface area contributed by atoms with Crippen molar-refractivity contribution in [2.24, 2.45) is 11.8 Å². The number of sulfone groups is 1. The summed E-state index contributed by atoms with van der Waals surface area (Å²) in [6.45, 7) is 8.20. The Morgan fingerprint density at radius 2 is 1.73 bits per heavy atom. The fourth-order valence-corrected chi connectivity index (χ4v) is 12.1. The van der Waals surface area contributed by atoms with Gasteiger partial charge in [-0.1, -0.05) is 25.1 Å². The number of hydrogen-bond acceptors (Lipinski definition) is 8. The molecule has 55 heavy (non-hydrogen) atoms. The first-order valence-corrected chi connectivity index (χ1v) is 21.3. The lowest BCUT2D eigenvalue weighted by Crippen LogP contribution is -2.65. The Balaban J connectivity index is 1.02. The van der Waals surface area contributed by atoms with Gasteiger partial charge in [-0.05, 0) is 125 Å². The van der Waals surface area contributed by atoms with Gasteiger partial charge in [0.15, 0.2) is 15.5 Å². The predicted octanol–water partition coefficient (Wildman–Crippen LogP) is 5.32. The van der Waals surface area contributed by atoms with Crippen LogP contribution in [0.1, 0.15) is 56.9 Å². The maximum atomic E-state index is 16.3. The summed E-state index contributed by atoms with van der Waals surface area (Å²) in [5.74, 6) is -1.08. The van der Waals surface area contributed by atoms with E-state index in [1.807, 2.05) is 6.07 Å². The van der Waals surface area contributed by atoms with E-state index in [2.05, 4.69) is 21.7 Å². The summed E-state index contributed by atoms with van der Waals surface area (Å²) in [5, 5.41) is 2.28. The average Bonchev–Trinajstić information content (AvgIpc) is 3.61. The molecule has 7 rings (SSSR count). The Kier molecular flexibility index (Phi) is 11.6. The summed E-state index contributed by atoms with van der Waals surface area (Å²) in [7, 11) is -2.53. The average molecular weight is 786 g/mol. The Labute approximate surface area is 323 Å². The molecular formula is C41H54F3N5O5S. The summed E-state index contributed by atoms with van der Waals surface area (Å²) < 4.78 is 78.6. The van der Waals surface area contributed by atoms with Crippen molar-refractivity contribution in [3.05, 3.63) is 72.3 Å². The zero-order valence-corrected chi connectivity index (χ0v) is 32.6. The summed E-state index contributed by atoms with van der Waals surface area (Å²) in [4.78, 5) is 32.1. The molecule has 2 unspecified atom stereocenters. The number of carbonyl (C=O) groups excluding carboxylic acids is 2. The van der Waals surface area contributed by atoms with Crippen molar-refractivity contribution < 1.29 is 35.9 Å². The van der Waals surface area contributed by atoms with Crippen LogP contribution < -0.4 is 10.2 Å². The molecule has 300 valence electrons. The maximum Gasteiger partial charge on any atom is 0.407 e. The number of halogens is 3. The summed E-state index contributed by atoms with van der Waals surface area (Å²) >= 11 is 0. The van der Waals surface area contributed by atoms with Crippen LogP contribution in [0.25, 0.3) is 0 Å². The number of likely N-dealkylation sites (tertiary alicyclic amines) is 3. The molecule has 0 bridgehead atoms. The van der Waals surface area contributed by atoms with Gasteiger partial charge < -0.3 is 24.8 Å². The van der Waals surface area contributed by atoms with Crippen molar-refractivity contribution in [3.8, 4) is 0 Å². The van der Waals surface area contributed by atoms with Gasteiger partial charge in [-0.3, -0.25) is 9.69 Å². The Hall–Kier alpha value is -3.62. The van der Waals surface area contributed by atoms with Crippen LogP contribution in [0.5, 0.6) is 0 Å². The first-order valence-electron chi connectivity index (χ1n) is 19.8. The summed E-state index contributed by atoms with van der Waals surface area (Å²) in [5.41, 5.74) is -0.863. The third kappa shape index (κ3) is 8.00. The molecule has 1 saturated carbocycles. The highest BCUT2D eigenvalue weighted by atomic mass is 32.2. The van der Waals surface area contributed by atoms with Gasteiger partial charge in [0.25, 0.3) is 0 Å². The molecule has 0 radical (unpaired) electrons. The second-order valence-corrected chi connectivity index (χ2v) is 18.7. The zero-order valence-electron chi connectivity index (χ0n) is 31.7. The molecule has 1 aliphatic carbocycles. The Morgan fingerprint density at radius 3 is 2.38 bits per heavy atom. The van der Waals surface area contributed by atoms with Crippen molar-refractivity contribution in [1.82, 2.24) is 20.0 Å². The number of hydrogen-bond donors (Lipinski definition) is 1. The molecule has 0 aromatic heterocycles. The minimum absolute atomic E-state index is 0.0116. The van der Waals surface area contributed by atoms with E-state index in [1.165, 1.54) is 36.3 Å². The first-order chi connectivity index (χ1) is 26.3. The number of piperidine rings is 2. The number of alkyl carbamates (subject to hydrolysis) is 1. The summed E-state index contributed by atoms with van der Waals surface area (Å²) in [6, 6.07) is 10.7. The molecule has 4 aliphatic heterocycles. The molecule has 4 heterocycles. The highest BCUT2D eigenvalue weighted by Crippen LogP contribution is 2.52. The number of nitrogens with one attached hydrogen (secondary N) is 1. The molecule has 4 atom stereocenters. The van der Waals surface area contributed by atoms with E-state index in [4.69, 9.17) is 4.74 Å². The van der Waals surface area contributed by atoms with Crippen LogP contribution >= 0.6 is 0 Å². The molecule has 14 heteroatoms. The van der Waals surface area contributed by atoms with Crippen molar-refractivity contribution in [3.63, 3.8) is 0 Å². The molecule has 5 fully saturated rings. The quantitative estimate of drug-likeness (QED) is 0.289. The highest BCUT2D eigenvalue weighted by molar-refractivity contribution is 7.92. The monoisotopic (exact) mass is 785 g/mol. The van der Waals surface area contributed by atoms with Crippen LogP contribution in [0.3, 0.4) is 0 Å². The fraction of sp³-hybridized carbons (Fsp3) is 0.610. The zero-order chi connectivity index (χ0) is 39.0. The van der Waals surface area contributed by atoms with Crippen LogP contribution in [0, 0.1) is 23.5 Å². The molecule has 1 N–H and O–H groups in total. The molecule has 4 saturated heterocycles. The van der Waals surface area contributed by atoms with Crippen LogP contribution in [0.15, 0.2) is 60.0 Å².